The van der Waals surface area contributed by atoms with E-state index in [0.29, 0.717) is 11.4 Å². The minimum absolute atomic E-state index is 0.0448. The molecule has 1 atom stereocenters. The van der Waals surface area contributed by atoms with Gasteiger partial charge in [-0.2, -0.15) is 0 Å². The Morgan fingerprint density at radius 1 is 0.951 bits per heavy atom. The molecule has 3 rings (SSSR count). The number of amides is 2. The van der Waals surface area contributed by atoms with Crippen LogP contribution in [0.15, 0.2) is 78.9 Å². The lowest BCUT2D eigenvalue weighted by Gasteiger charge is -2.32. The molecule has 0 spiro atoms. The number of nitrogens with zero attached hydrogens (tertiary/aromatic N) is 2. The number of carbonyl (C=O) groups excluding carboxylic acids is 2. The molecule has 3 aromatic rings. The molecule has 8 nitrogen and oxygen atoms in total. The van der Waals surface area contributed by atoms with Gasteiger partial charge in [-0.15, -0.1) is 0 Å². The fourth-order valence-corrected chi connectivity index (χ4v) is 5.46. The molecule has 0 fully saturated rings. The molecular formula is C31H38FN3O5S. The van der Waals surface area contributed by atoms with Gasteiger partial charge in [0.15, 0.2) is 0 Å². The Morgan fingerprint density at radius 3 is 2.17 bits per heavy atom. The van der Waals surface area contributed by atoms with E-state index < -0.39 is 21.9 Å². The molecule has 0 aromatic heterocycles. The second-order valence-electron chi connectivity index (χ2n) is 10.1. The minimum atomic E-state index is -3.64. The fourth-order valence-electron chi connectivity index (χ4n) is 4.50. The Kier molecular flexibility index (Phi) is 11.3. The molecule has 10 heteroatoms. The van der Waals surface area contributed by atoms with E-state index in [4.69, 9.17) is 4.74 Å². The van der Waals surface area contributed by atoms with Crippen molar-refractivity contribution in [2.75, 3.05) is 24.2 Å². The summed E-state index contributed by atoms with van der Waals surface area (Å²) >= 11 is 0. The van der Waals surface area contributed by atoms with Crippen LogP contribution in [0.3, 0.4) is 0 Å². The molecule has 220 valence electrons. The first-order valence-corrected chi connectivity index (χ1v) is 15.3. The second-order valence-corrected chi connectivity index (χ2v) is 12.0. The largest absolute Gasteiger partial charge is 0.497 e. The van der Waals surface area contributed by atoms with Crippen molar-refractivity contribution in [2.45, 2.75) is 51.7 Å². The predicted octanol–water partition coefficient (Wildman–Crippen LogP) is 4.55. The van der Waals surface area contributed by atoms with Gasteiger partial charge in [-0.3, -0.25) is 13.9 Å². The molecule has 0 aliphatic heterocycles. The van der Waals surface area contributed by atoms with Gasteiger partial charge in [0, 0.05) is 37.5 Å². The highest BCUT2D eigenvalue weighted by molar-refractivity contribution is 7.92. The summed E-state index contributed by atoms with van der Waals surface area (Å²) in [5.74, 6) is -0.609. The molecule has 0 saturated carbocycles. The number of hydrogen-bond acceptors (Lipinski definition) is 5. The molecule has 0 radical (unpaired) electrons. The normalized spacial score (nSPS) is 12.0. The molecule has 0 saturated heterocycles. The summed E-state index contributed by atoms with van der Waals surface area (Å²) in [6, 6.07) is 21.0. The highest BCUT2D eigenvalue weighted by Crippen LogP contribution is 2.23. The molecule has 1 N–H and O–H groups in total. The zero-order valence-corrected chi connectivity index (χ0v) is 24.7. The van der Waals surface area contributed by atoms with Crippen LogP contribution in [-0.4, -0.2) is 57.1 Å². The number of hydrogen-bond donors (Lipinski definition) is 1. The number of ether oxygens (including phenoxy) is 1. The Bertz CT molecular complexity index is 1400. The molecule has 0 unspecified atom stereocenters. The van der Waals surface area contributed by atoms with Crippen LogP contribution >= 0.6 is 0 Å². The number of nitrogens with one attached hydrogen (secondary N) is 1. The van der Waals surface area contributed by atoms with Crippen molar-refractivity contribution in [3.8, 4) is 5.75 Å². The number of carbonyl (C=O) groups is 2. The van der Waals surface area contributed by atoms with Crippen LogP contribution < -0.4 is 14.4 Å². The Labute approximate surface area is 242 Å². The zero-order valence-electron chi connectivity index (χ0n) is 23.9. The Morgan fingerprint density at radius 2 is 1.59 bits per heavy atom. The maximum Gasteiger partial charge on any atom is 0.243 e. The van der Waals surface area contributed by atoms with Gasteiger partial charge in [-0.05, 0) is 56.2 Å². The minimum Gasteiger partial charge on any atom is -0.497 e. The third kappa shape index (κ3) is 9.31. The lowest BCUT2D eigenvalue weighted by molar-refractivity contribution is -0.141. The first-order chi connectivity index (χ1) is 19.5. The van der Waals surface area contributed by atoms with Crippen molar-refractivity contribution >= 4 is 27.5 Å². The van der Waals surface area contributed by atoms with E-state index >= 15 is 0 Å². The molecule has 0 aliphatic carbocycles. The summed E-state index contributed by atoms with van der Waals surface area (Å²) in [4.78, 5) is 28.6. The summed E-state index contributed by atoms with van der Waals surface area (Å²) < 4.78 is 46.3. The van der Waals surface area contributed by atoms with Crippen molar-refractivity contribution in [1.29, 1.82) is 0 Å². The van der Waals surface area contributed by atoms with Gasteiger partial charge in [-0.25, -0.2) is 12.8 Å². The van der Waals surface area contributed by atoms with E-state index in [0.717, 1.165) is 11.8 Å². The zero-order chi connectivity index (χ0) is 30.0. The summed E-state index contributed by atoms with van der Waals surface area (Å²) in [6.07, 6.45) is 1.49. The molecule has 2 amide bonds. The highest BCUT2D eigenvalue weighted by atomic mass is 32.2. The van der Waals surface area contributed by atoms with E-state index in [2.05, 4.69) is 5.32 Å². The van der Waals surface area contributed by atoms with Gasteiger partial charge in [0.2, 0.25) is 21.8 Å². The Hall–Kier alpha value is -3.92. The monoisotopic (exact) mass is 583 g/mol. The molecular weight excluding hydrogens is 545 g/mol. The van der Waals surface area contributed by atoms with E-state index in [1.54, 1.807) is 42.5 Å². The third-order valence-electron chi connectivity index (χ3n) is 6.51. The number of sulfonamides is 1. The van der Waals surface area contributed by atoms with Gasteiger partial charge < -0.3 is 15.0 Å². The number of rotatable bonds is 14. The summed E-state index contributed by atoms with van der Waals surface area (Å²) in [7, 11) is -2.12. The van der Waals surface area contributed by atoms with Crippen LogP contribution in [0.1, 0.15) is 37.8 Å². The topological polar surface area (TPSA) is 96.0 Å². The van der Waals surface area contributed by atoms with Gasteiger partial charge in [0.25, 0.3) is 0 Å². The van der Waals surface area contributed by atoms with Crippen LogP contribution in [0, 0.1) is 5.82 Å². The van der Waals surface area contributed by atoms with Crippen molar-refractivity contribution < 1.29 is 27.1 Å². The van der Waals surface area contributed by atoms with E-state index in [1.165, 1.54) is 22.4 Å². The lowest BCUT2D eigenvalue weighted by Crippen LogP contribution is -2.52. The summed E-state index contributed by atoms with van der Waals surface area (Å²) in [5.41, 5.74) is 1.58. The standard InChI is InChI=1S/C31H38FN3O5S/c1-23(2)33-31(37)29(21-24-11-6-5-7-12-24)34(22-25-13-8-9-14-28(25)32)30(36)15-10-20-35(41(4,38)39)26-16-18-27(40-3)19-17-26/h5-9,11-14,16-19,23,29H,10,15,20-22H2,1-4H3,(H,33,37)/t29-/m1/s1. The van der Waals surface area contributed by atoms with Gasteiger partial charge in [0.05, 0.1) is 19.1 Å². The van der Waals surface area contributed by atoms with Gasteiger partial charge in [-0.1, -0.05) is 48.5 Å². The van der Waals surface area contributed by atoms with Crippen molar-refractivity contribution in [2.24, 2.45) is 0 Å². The molecule has 0 heterocycles. The molecule has 3 aromatic carbocycles. The van der Waals surface area contributed by atoms with Crippen molar-refractivity contribution in [3.05, 3.63) is 95.8 Å². The first-order valence-electron chi connectivity index (χ1n) is 13.5. The molecule has 0 aliphatic rings. The average Bonchev–Trinajstić information content (AvgIpc) is 2.93. The fraction of sp³-hybridized carbons (Fsp3) is 0.355. The van der Waals surface area contributed by atoms with E-state index in [-0.39, 0.29) is 55.8 Å². The van der Waals surface area contributed by atoms with E-state index in [1.807, 2.05) is 44.2 Å². The number of halogens is 1. The summed E-state index contributed by atoms with van der Waals surface area (Å²) in [6.45, 7) is 3.60. The third-order valence-corrected chi connectivity index (χ3v) is 7.71. The number of methoxy groups -OCH3 is 1. The smallest absolute Gasteiger partial charge is 0.243 e. The van der Waals surface area contributed by atoms with Crippen LogP contribution in [0.2, 0.25) is 0 Å². The van der Waals surface area contributed by atoms with Crippen molar-refractivity contribution in [1.82, 2.24) is 10.2 Å². The molecule has 41 heavy (non-hydrogen) atoms. The lowest BCUT2D eigenvalue weighted by atomic mass is 10.0. The molecule has 0 bridgehead atoms. The quantitative estimate of drug-likeness (QED) is 0.301. The van der Waals surface area contributed by atoms with Crippen LogP contribution in [0.5, 0.6) is 5.75 Å². The van der Waals surface area contributed by atoms with Gasteiger partial charge in [0.1, 0.15) is 17.6 Å². The van der Waals surface area contributed by atoms with Crippen LogP contribution in [0.25, 0.3) is 0 Å². The summed E-state index contributed by atoms with van der Waals surface area (Å²) in [5, 5.41) is 2.90. The SMILES string of the molecule is COc1ccc(N(CCCC(=O)N(Cc2ccccc2F)[C@H](Cc2ccccc2)C(=O)NC(C)C)S(C)(=O)=O)cc1. The predicted molar refractivity (Wildman–Crippen MR) is 159 cm³/mol. The highest BCUT2D eigenvalue weighted by Gasteiger charge is 2.31. The average molecular weight is 584 g/mol. The number of anilines is 1. The second kappa shape index (κ2) is 14.6. The maximum atomic E-state index is 14.7. The van der Waals surface area contributed by atoms with Crippen LogP contribution in [0.4, 0.5) is 10.1 Å². The van der Waals surface area contributed by atoms with Crippen LogP contribution in [-0.2, 0) is 32.6 Å². The van der Waals surface area contributed by atoms with Crippen molar-refractivity contribution in [3.63, 3.8) is 0 Å². The van der Waals surface area contributed by atoms with E-state index in [9.17, 15) is 22.4 Å². The van der Waals surface area contributed by atoms with Gasteiger partial charge >= 0.3 is 0 Å². The first kappa shape index (κ1) is 31.6. The maximum absolute atomic E-state index is 14.7. The number of benzene rings is 3. The Balaban J connectivity index is 1.88.